The fourth-order valence-corrected chi connectivity index (χ4v) is 3.83. The van der Waals surface area contributed by atoms with E-state index in [2.05, 4.69) is 41.7 Å². The van der Waals surface area contributed by atoms with Gasteiger partial charge in [0.15, 0.2) is 0 Å². The van der Waals surface area contributed by atoms with Crippen molar-refractivity contribution in [3.8, 4) is 0 Å². The van der Waals surface area contributed by atoms with E-state index < -0.39 is 5.91 Å². The Morgan fingerprint density at radius 1 is 1.29 bits per heavy atom. The van der Waals surface area contributed by atoms with Crippen LogP contribution in [0.3, 0.4) is 0 Å². The van der Waals surface area contributed by atoms with Crippen molar-refractivity contribution >= 4 is 40.2 Å². The average molecular weight is 364 g/mol. The van der Waals surface area contributed by atoms with Gasteiger partial charge in [0.2, 0.25) is 0 Å². The van der Waals surface area contributed by atoms with E-state index in [1.807, 2.05) is 0 Å². The maximum atomic E-state index is 11.8. The number of anilines is 1. The van der Waals surface area contributed by atoms with E-state index in [0.717, 1.165) is 17.1 Å². The molecule has 8 heteroatoms. The number of nitrogens with zero attached hydrogens (tertiary/aromatic N) is 2. The Morgan fingerprint density at radius 3 is 2.58 bits per heavy atom. The predicted molar refractivity (Wildman–Crippen MR) is 98.8 cm³/mol. The maximum absolute atomic E-state index is 11.8. The van der Waals surface area contributed by atoms with Crippen LogP contribution < -0.4 is 11.1 Å². The first-order valence-electron chi connectivity index (χ1n) is 7.26. The lowest BCUT2D eigenvalue weighted by Gasteiger charge is -2.11. The summed E-state index contributed by atoms with van der Waals surface area (Å²) in [5.41, 5.74) is 9.35. The molecule has 0 saturated heterocycles. The average Bonchev–Trinajstić information content (AvgIpc) is 2.91. The molecule has 0 aliphatic heterocycles. The van der Waals surface area contributed by atoms with Crippen molar-refractivity contribution in [3.63, 3.8) is 0 Å². The summed E-state index contributed by atoms with van der Waals surface area (Å²) in [4.78, 5) is 24.9. The summed E-state index contributed by atoms with van der Waals surface area (Å²) in [5.74, 6) is 0.0760. The number of benzene rings is 1. The van der Waals surface area contributed by atoms with Gasteiger partial charge in [0.25, 0.3) is 5.91 Å². The van der Waals surface area contributed by atoms with Crippen LogP contribution in [-0.4, -0.2) is 35.3 Å². The van der Waals surface area contributed by atoms with Crippen LogP contribution in [0.15, 0.2) is 23.2 Å². The van der Waals surface area contributed by atoms with Crippen molar-refractivity contribution in [2.24, 2.45) is 5.73 Å². The lowest BCUT2D eigenvalue weighted by Crippen LogP contribution is -2.28. The van der Waals surface area contributed by atoms with Crippen molar-refractivity contribution in [1.29, 1.82) is 0 Å². The van der Waals surface area contributed by atoms with E-state index >= 15 is 0 Å². The number of aromatic nitrogens is 1. The monoisotopic (exact) mass is 364 g/mol. The number of nitrogens with two attached hydrogens (primary N) is 1. The Hall–Kier alpha value is -2.06. The van der Waals surface area contributed by atoms with Crippen LogP contribution in [0.5, 0.6) is 0 Å². The zero-order valence-corrected chi connectivity index (χ0v) is 15.7. The highest BCUT2D eigenvalue weighted by molar-refractivity contribution is 7.98. The Bertz CT molecular complexity index is 771. The van der Waals surface area contributed by atoms with Gasteiger partial charge in [-0.15, -0.1) is 0 Å². The van der Waals surface area contributed by atoms with Crippen molar-refractivity contribution in [3.05, 3.63) is 40.5 Å². The molecule has 1 aromatic heterocycles. The molecule has 0 saturated carbocycles. The number of rotatable bonds is 5. The number of carbonyl (C=O) groups is 2. The van der Waals surface area contributed by atoms with E-state index in [1.54, 1.807) is 14.1 Å². The summed E-state index contributed by atoms with van der Waals surface area (Å²) in [6.07, 6.45) is 0. The van der Waals surface area contributed by atoms with Crippen LogP contribution in [0.1, 0.15) is 27.0 Å². The number of urea groups is 1. The molecule has 0 aliphatic carbocycles. The zero-order valence-electron chi connectivity index (χ0n) is 14.0. The highest BCUT2D eigenvalue weighted by Gasteiger charge is 2.21. The van der Waals surface area contributed by atoms with Crippen molar-refractivity contribution in [2.45, 2.75) is 24.6 Å². The first kappa shape index (κ1) is 18.3. The number of hydrogen-bond donors (Lipinski definition) is 2. The molecule has 2 aromatic rings. The minimum atomic E-state index is -0.597. The second-order valence-corrected chi connectivity index (χ2v) is 7.33. The molecule has 6 nitrogen and oxygen atoms in total. The third-order valence-corrected chi connectivity index (χ3v) is 5.41. The largest absolute Gasteiger partial charge is 0.365 e. The van der Waals surface area contributed by atoms with Crippen LogP contribution in [-0.2, 0) is 5.75 Å². The molecule has 0 bridgehead atoms. The van der Waals surface area contributed by atoms with Crippen LogP contribution in [0.4, 0.5) is 9.80 Å². The van der Waals surface area contributed by atoms with Crippen LogP contribution >= 0.6 is 23.3 Å². The van der Waals surface area contributed by atoms with Gasteiger partial charge in [0, 0.05) is 19.8 Å². The van der Waals surface area contributed by atoms with Crippen molar-refractivity contribution in [1.82, 2.24) is 9.27 Å². The van der Waals surface area contributed by atoms with Crippen molar-refractivity contribution < 1.29 is 9.59 Å². The molecule has 3 N–H and O–H groups in total. The summed E-state index contributed by atoms with van der Waals surface area (Å²) < 4.78 is 4.28. The van der Waals surface area contributed by atoms with Crippen LogP contribution in [0.2, 0.25) is 0 Å². The van der Waals surface area contributed by atoms with Gasteiger partial charge in [-0.2, -0.15) is 4.37 Å². The van der Waals surface area contributed by atoms with E-state index in [4.69, 9.17) is 5.73 Å². The molecule has 24 heavy (non-hydrogen) atoms. The minimum absolute atomic E-state index is 0.268. The van der Waals surface area contributed by atoms with E-state index in [9.17, 15) is 9.59 Å². The Balaban J connectivity index is 2.18. The predicted octanol–water partition coefficient (Wildman–Crippen LogP) is 3.24. The summed E-state index contributed by atoms with van der Waals surface area (Å²) >= 11 is 2.49. The third kappa shape index (κ3) is 4.27. The fraction of sp³-hybridized carbons (Fsp3) is 0.312. The van der Waals surface area contributed by atoms with Gasteiger partial charge < -0.3 is 10.6 Å². The molecule has 2 rings (SSSR count). The number of aryl methyl sites for hydroxylation is 2. The topological polar surface area (TPSA) is 88.3 Å². The third-order valence-electron chi connectivity index (χ3n) is 3.48. The minimum Gasteiger partial charge on any atom is -0.365 e. The van der Waals surface area contributed by atoms with Gasteiger partial charge in [-0.1, -0.05) is 30.0 Å². The Morgan fingerprint density at radius 2 is 2.00 bits per heavy atom. The number of nitrogens with one attached hydrogen (secondary N) is 1. The molecule has 0 fully saturated rings. The SMILES string of the molecule is Cc1ccc(CSc2nsc(NC(=O)N(C)C)c2C(N)=O)cc1C. The van der Waals surface area contributed by atoms with E-state index in [1.165, 1.54) is 27.8 Å². The summed E-state index contributed by atoms with van der Waals surface area (Å²) in [6.45, 7) is 4.13. The van der Waals surface area contributed by atoms with E-state index in [-0.39, 0.29) is 11.6 Å². The first-order valence-corrected chi connectivity index (χ1v) is 9.02. The second-order valence-electron chi connectivity index (χ2n) is 5.59. The molecule has 3 amide bonds. The van der Waals surface area contributed by atoms with Gasteiger partial charge >= 0.3 is 6.03 Å². The number of hydrogen-bond acceptors (Lipinski definition) is 5. The number of thioether (sulfide) groups is 1. The lowest BCUT2D eigenvalue weighted by atomic mass is 10.1. The standard InChI is InChI=1S/C16H20N4O2S2/c1-9-5-6-11(7-10(9)2)8-23-15-12(13(17)21)14(24-19-15)18-16(22)20(3)4/h5-7H,8H2,1-4H3,(H2,17,21)(H,18,22). The Kier molecular flexibility index (Phi) is 5.84. The molecular weight excluding hydrogens is 344 g/mol. The maximum Gasteiger partial charge on any atom is 0.321 e. The number of amides is 3. The van der Waals surface area contributed by atoms with Gasteiger partial charge in [-0.3, -0.25) is 10.1 Å². The molecule has 0 spiro atoms. The summed E-state index contributed by atoms with van der Waals surface area (Å²) in [6, 6.07) is 5.92. The molecule has 0 radical (unpaired) electrons. The molecular formula is C16H20N4O2S2. The summed E-state index contributed by atoms with van der Waals surface area (Å²) in [5, 5.41) is 3.58. The van der Waals surface area contributed by atoms with Gasteiger partial charge in [0.05, 0.1) is 0 Å². The van der Waals surface area contributed by atoms with Gasteiger partial charge in [-0.05, 0) is 42.1 Å². The molecule has 128 valence electrons. The number of carbonyl (C=O) groups excluding carboxylic acids is 2. The molecule has 0 unspecified atom stereocenters. The molecule has 0 atom stereocenters. The molecule has 0 aliphatic rings. The van der Waals surface area contributed by atoms with Crippen LogP contribution in [0.25, 0.3) is 0 Å². The first-order chi connectivity index (χ1) is 11.3. The lowest BCUT2D eigenvalue weighted by molar-refractivity contribution is 0.0998. The number of primary amides is 1. The molecule has 1 aromatic carbocycles. The highest BCUT2D eigenvalue weighted by Crippen LogP contribution is 2.33. The van der Waals surface area contributed by atoms with E-state index in [0.29, 0.717) is 15.8 Å². The molecule has 1 heterocycles. The second kappa shape index (κ2) is 7.67. The van der Waals surface area contributed by atoms with Gasteiger partial charge in [-0.25, -0.2) is 4.79 Å². The quantitative estimate of drug-likeness (QED) is 0.797. The van der Waals surface area contributed by atoms with Crippen LogP contribution in [0, 0.1) is 13.8 Å². The van der Waals surface area contributed by atoms with Gasteiger partial charge in [0.1, 0.15) is 15.6 Å². The summed E-state index contributed by atoms with van der Waals surface area (Å²) in [7, 11) is 3.24. The smallest absolute Gasteiger partial charge is 0.321 e. The van der Waals surface area contributed by atoms with Crippen molar-refractivity contribution in [2.75, 3.05) is 19.4 Å². The normalized spacial score (nSPS) is 10.5. The Labute approximate surface area is 149 Å². The highest BCUT2D eigenvalue weighted by atomic mass is 32.2. The fourth-order valence-electron chi connectivity index (χ4n) is 1.93. The zero-order chi connectivity index (χ0) is 17.9.